The van der Waals surface area contributed by atoms with Crippen LogP contribution < -0.4 is 10.1 Å². The minimum absolute atomic E-state index is 0.229. The van der Waals surface area contributed by atoms with E-state index in [1.165, 1.54) is 24.3 Å². The smallest absolute Gasteiger partial charge is 0.251 e. The molecule has 1 N–H and O–H groups in total. The number of imidazole rings is 1. The fourth-order valence-electron chi connectivity index (χ4n) is 3.40. The summed E-state index contributed by atoms with van der Waals surface area (Å²) in [6.07, 6.45) is 0.581. The Labute approximate surface area is 174 Å². The van der Waals surface area contributed by atoms with Crippen LogP contribution in [0.2, 0.25) is 0 Å². The van der Waals surface area contributed by atoms with E-state index in [9.17, 15) is 9.18 Å². The van der Waals surface area contributed by atoms with Gasteiger partial charge in [0.2, 0.25) is 0 Å². The summed E-state index contributed by atoms with van der Waals surface area (Å²) in [5, 5.41) is 2.89. The van der Waals surface area contributed by atoms with Crippen LogP contribution in [-0.2, 0) is 13.0 Å². The molecule has 0 aliphatic carbocycles. The molecule has 1 amide bonds. The molecule has 0 saturated heterocycles. The molecule has 4 aromatic rings. The van der Waals surface area contributed by atoms with Crippen molar-refractivity contribution in [3.05, 3.63) is 95.6 Å². The molecule has 152 valence electrons. The number of amides is 1. The largest absolute Gasteiger partial charge is 0.497 e. The lowest BCUT2D eigenvalue weighted by Crippen LogP contribution is -2.26. The molecule has 0 bridgehead atoms. The first kappa shape index (κ1) is 19.6. The molecule has 6 heteroatoms. The van der Waals surface area contributed by atoms with Gasteiger partial charge in [-0.2, -0.15) is 0 Å². The fraction of sp³-hybridized carbons (Fsp3) is 0.167. The van der Waals surface area contributed by atoms with Gasteiger partial charge in [-0.05, 0) is 54.1 Å². The summed E-state index contributed by atoms with van der Waals surface area (Å²) in [7, 11) is 1.65. The molecule has 1 heterocycles. The van der Waals surface area contributed by atoms with E-state index in [-0.39, 0.29) is 11.7 Å². The highest BCUT2D eigenvalue weighted by Gasteiger charge is 2.12. The summed E-state index contributed by atoms with van der Waals surface area (Å²) < 4.78 is 20.4. The maximum absolute atomic E-state index is 13.0. The summed E-state index contributed by atoms with van der Waals surface area (Å²) in [6.45, 7) is 1.11. The zero-order valence-electron chi connectivity index (χ0n) is 16.6. The quantitative estimate of drug-likeness (QED) is 0.503. The third kappa shape index (κ3) is 4.33. The van der Waals surface area contributed by atoms with Crippen molar-refractivity contribution in [1.82, 2.24) is 14.9 Å². The highest BCUT2D eigenvalue weighted by molar-refractivity contribution is 5.94. The van der Waals surface area contributed by atoms with E-state index in [4.69, 9.17) is 9.72 Å². The zero-order chi connectivity index (χ0) is 20.9. The lowest BCUT2D eigenvalue weighted by Gasteiger charge is -2.11. The first-order valence-corrected chi connectivity index (χ1v) is 9.75. The van der Waals surface area contributed by atoms with Crippen LogP contribution in [0.1, 0.15) is 21.7 Å². The van der Waals surface area contributed by atoms with Crippen LogP contribution >= 0.6 is 0 Å². The third-order valence-corrected chi connectivity index (χ3v) is 4.97. The van der Waals surface area contributed by atoms with Crippen molar-refractivity contribution in [3.63, 3.8) is 0 Å². The number of rotatable bonds is 7. The molecule has 1 aromatic heterocycles. The molecule has 5 nitrogen and oxygen atoms in total. The van der Waals surface area contributed by atoms with Gasteiger partial charge < -0.3 is 14.6 Å². The van der Waals surface area contributed by atoms with Gasteiger partial charge in [0.1, 0.15) is 17.4 Å². The van der Waals surface area contributed by atoms with Gasteiger partial charge in [0.05, 0.1) is 18.1 Å². The predicted octanol–water partition coefficient (Wildman–Crippen LogP) is 4.20. The number of methoxy groups -OCH3 is 1. The van der Waals surface area contributed by atoms with Crippen LogP contribution in [0.25, 0.3) is 11.0 Å². The molecule has 0 radical (unpaired) electrons. The van der Waals surface area contributed by atoms with Crippen molar-refractivity contribution < 1.29 is 13.9 Å². The average molecular weight is 403 g/mol. The standard InChI is InChI=1S/C24H22FN3O2/c1-30-20-12-6-17(7-13-20)16-28-22-5-3-2-4-21(22)27-23(28)14-15-26-24(29)18-8-10-19(25)11-9-18/h2-13H,14-16H2,1H3,(H,26,29). The normalized spacial score (nSPS) is 10.9. The number of halogens is 1. The van der Waals surface area contributed by atoms with E-state index >= 15 is 0 Å². The minimum Gasteiger partial charge on any atom is -0.497 e. The molecule has 0 unspecified atom stereocenters. The number of hydrogen-bond acceptors (Lipinski definition) is 3. The van der Waals surface area contributed by atoms with E-state index in [2.05, 4.69) is 9.88 Å². The molecule has 0 fully saturated rings. The predicted molar refractivity (Wildman–Crippen MR) is 114 cm³/mol. The molecule has 3 aromatic carbocycles. The van der Waals surface area contributed by atoms with E-state index in [0.29, 0.717) is 25.1 Å². The van der Waals surface area contributed by atoms with Crippen LogP contribution in [0.5, 0.6) is 5.75 Å². The van der Waals surface area contributed by atoms with E-state index in [1.807, 2.05) is 48.5 Å². The highest BCUT2D eigenvalue weighted by atomic mass is 19.1. The van der Waals surface area contributed by atoms with Crippen molar-refractivity contribution in [2.75, 3.05) is 13.7 Å². The van der Waals surface area contributed by atoms with Crippen LogP contribution in [-0.4, -0.2) is 29.1 Å². The maximum atomic E-state index is 13.0. The van der Waals surface area contributed by atoms with Gasteiger partial charge in [-0.3, -0.25) is 4.79 Å². The second-order valence-electron chi connectivity index (χ2n) is 6.96. The lowest BCUT2D eigenvalue weighted by atomic mass is 10.2. The number of carbonyl (C=O) groups is 1. The zero-order valence-corrected chi connectivity index (χ0v) is 16.6. The molecular weight excluding hydrogens is 381 g/mol. The number of nitrogens with one attached hydrogen (secondary N) is 1. The Morgan fingerprint density at radius 3 is 2.50 bits per heavy atom. The van der Waals surface area contributed by atoms with Gasteiger partial charge in [0, 0.05) is 25.1 Å². The Bertz CT molecular complexity index is 1150. The summed E-state index contributed by atoms with van der Waals surface area (Å²) >= 11 is 0. The van der Waals surface area contributed by atoms with Crippen LogP contribution in [0, 0.1) is 5.82 Å². The van der Waals surface area contributed by atoms with E-state index < -0.39 is 0 Å². The second-order valence-corrected chi connectivity index (χ2v) is 6.96. The molecule has 0 aliphatic heterocycles. The first-order valence-electron chi connectivity index (χ1n) is 9.75. The van der Waals surface area contributed by atoms with Crippen molar-refractivity contribution in [2.24, 2.45) is 0 Å². The monoisotopic (exact) mass is 403 g/mol. The number of carbonyl (C=O) groups excluding carboxylic acids is 1. The van der Waals surface area contributed by atoms with Gasteiger partial charge in [0.25, 0.3) is 5.91 Å². The Morgan fingerprint density at radius 1 is 1.03 bits per heavy atom. The van der Waals surface area contributed by atoms with Gasteiger partial charge in [0.15, 0.2) is 0 Å². The average Bonchev–Trinajstić information content (AvgIpc) is 3.12. The maximum Gasteiger partial charge on any atom is 0.251 e. The molecule has 0 saturated carbocycles. The van der Waals surface area contributed by atoms with Crippen LogP contribution in [0.4, 0.5) is 4.39 Å². The number of nitrogens with zero attached hydrogens (tertiary/aromatic N) is 2. The Balaban J connectivity index is 1.50. The van der Waals surface area contributed by atoms with Crippen molar-refractivity contribution in [2.45, 2.75) is 13.0 Å². The van der Waals surface area contributed by atoms with Crippen LogP contribution in [0.3, 0.4) is 0 Å². The molecule has 0 aliphatic rings. The number of para-hydroxylation sites is 2. The number of aromatic nitrogens is 2. The van der Waals surface area contributed by atoms with Gasteiger partial charge in [-0.1, -0.05) is 24.3 Å². The van der Waals surface area contributed by atoms with E-state index in [0.717, 1.165) is 28.2 Å². The van der Waals surface area contributed by atoms with Gasteiger partial charge >= 0.3 is 0 Å². The Kier molecular flexibility index (Phi) is 5.75. The van der Waals surface area contributed by atoms with E-state index in [1.54, 1.807) is 7.11 Å². The Morgan fingerprint density at radius 2 is 1.77 bits per heavy atom. The summed E-state index contributed by atoms with van der Waals surface area (Å²) in [4.78, 5) is 17.0. The summed E-state index contributed by atoms with van der Waals surface area (Å²) in [5.74, 6) is 1.12. The Hall–Kier alpha value is -3.67. The minimum atomic E-state index is -0.362. The van der Waals surface area contributed by atoms with Crippen molar-refractivity contribution >= 4 is 16.9 Å². The number of benzene rings is 3. The number of ether oxygens (including phenoxy) is 1. The first-order chi connectivity index (χ1) is 14.6. The van der Waals surface area contributed by atoms with Gasteiger partial charge in [-0.15, -0.1) is 0 Å². The molecular formula is C24H22FN3O2. The van der Waals surface area contributed by atoms with Gasteiger partial charge in [-0.25, -0.2) is 9.37 Å². The fourth-order valence-corrected chi connectivity index (χ4v) is 3.40. The summed E-state index contributed by atoms with van der Waals surface area (Å²) in [5.41, 5.74) is 3.54. The van der Waals surface area contributed by atoms with Crippen molar-refractivity contribution in [3.8, 4) is 5.75 Å². The SMILES string of the molecule is COc1ccc(Cn2c(CCNC(=O)c3ccc(F)cc3)nc3ccccc32)cc1. The summed E-state index contributed by atoms with van der Waals surface area (Å²) in [6, 6.07) is 21.5. The van der Waals surface area contributed by atoms with Crippen LogP contribution in [0.15, 0.2) is 72.8 Å². The topological polar surface area (TPSA) is 56.1 Å². The number of fused-ring (bicyclic) bond motifs is 1. The molecule has 0 atom stereocenters. The second kappa shape index (κ2) is 8.78. The number of hydrogen-bond donors (Lipinski definition) is 1. The van der Waals surface area contributed by atoms with Crippen molar-refractivity contribution in [1.29, 1.82) is 0 Å². The lowest BCUT2D eigenvalue weighted by molar-refractivity contribution is 0.0954. The third-order valence-electron chi connectivity index (χ3n) is 4.97. The molecule has 30 heavy (non-hydrogen) atoms. The molecule has 0 spiro atoms. The highest BCUT2D eigenvalue weighted by Crippen LogP contribution is 2.20. The molecule has 4 rings (SSSR count).